The lowest BCUT2D eigenvalue weighted by Gasteiger charge is -2.41. The second-order valence-electron chi connectivity index (χ2n) is 11.3. The molecule has 3 aromatic rings. The molecule has 3 fully saturated rings. The van der Waals surface area contributed by atoms with E-state index in [0.717, 1.165) is 85.9 Å². The third-order valence-electron chi connectivity index (χ3n) is 8.87. The van der Waals surface area contributed by atoms with Gasteiger partial charge < -0.3 is 9.80 Å². The summed E-state index contributed by atoms with van der Waals surface area (Å²) in [6.45, 7) is 9.42. The number of piperazine rings is 1. The molecule has 3 atom stereocenters. The summed E-state index contributed by atoms with van der Waals surface area (Å²) in [6, 6.07) is 10.6. The van der Waals surface area contributed by atoms with Crippen LogP contribution in [0.4, 0.5) is 11.6 Å². The van der Waals surface area contributed by atoms with E-state index in [1.165, 1.54) is 37.8 Å². The maximum absolute atomic E-state index is 12.0. The minimum atomic E-state index is -0.360. The smallest absolute Gasteiger partial charge is 0.225 e. The highest BCUT2D eigenvalue weighted by Gasteiger charge is 2.32. The van der Waals surface area contributed by atoms with Gasteiger partial charge in [-0.15, -0.1) is 0 Å². The molecular formula is C30H39N7O. The summed E-state index contributed by atoms with van der Waals surface area (Å²) in [7, 11) is 0. The van der Waals surface area contributed by atoms with Crippen LogP contribution >= 0.6 is 0 Å². The standard InChI is InChI=1S/C30H39N7O/c1-22-17-23(2)37(33-22)29(21-38)35-15-13-34(14-16-35)28-10-6-5-9-27(28)26-18-31-30(32-19-26)36-12-11-24-7-3-4-8-25(24)20-36/h5-6,9-10,17-19,21,24-25,29H,3-4,7-8,11-16,20H2,1-2H3. The predicted molar refractivity (Wildman–Crippen MR) is 150 cm³/mol. The molecule has 38 heavy (non-hydrogen) atoms. The Morgan fingerprint density at radius 1 is 0.895 bits per heavy atom. The number of piperidine rings is 1. The summed E-state index contributed by atoms with van der Waals surface area (Å²) in [5.74, 6) is 2.58. The molecule has 3 aliphatic rings. The van der Waals surface area contributed by atoms with Crippen molar-refractivity contribution >= 4 is 17.9 Å². The highest BCUT2D eigenvalue weighted by atomic mass is 16.1. The number of carbonyl (C=O) groups is 1. The van der Waals surface area contributed by atoms with E-state index in [9.17, 15) is 4.79 Å². The number of aromatic nitrogens is 4. The van der Waals surface area contributed by atoms with E-state index in [1.54, 1.807) is 0 Å². The molecule has 0 spiro atoms. The monoisotopic (exact) mass is 513 g/mol. The van der Waals surface area contributed by atoms with E-state index < -0.39 is 0 Å². The predicted octanol–water partition coefficient (Wildman–Crippen LogP) is 4.49. The van der Waals surface area contributed by atoms with Gasteiger partial charge in [-0.1, -0.05) is 37.5 Å². The van der Waals surface area contributed by atoms with Gasteiger partial charge in [-0.3, -0.25) is 9.69 Å². The number of carbonyl (C=O) groups excluding carboxylic acids is 1. The average Bonchev–Trinajstić information content (AvgIpc) is 3.30. The zero-order valence-corrected chi connectivity index (χ0v) is 22.7. The molecule has 8 nitrogen and oxygen atoms in total. The molecule has 0 radical (unpaired) electrons. The van der Waals surface area contributed by atoms with Crippen LogP contribution in [-0.4, -0.2) is 70.2 Å². The first-order chi connectivity index (χ1) is 18.6. The summed E-state index contributed by atoms with van der Waals surface area (Å²) >= 11 is 0. The Hall–Kier alpha value is -3.26. The molecule has 8 heteroatoms. The van der Waals surface area contributed by atoms with Gasteiger partial charge in [0.25, 0.3) is 0 Å². The van der Waals surface area contributed by atoms with E-state index in [4.69, 9.17) is 9.97 Å². The third-order valence-corrected chi connectivity index (χ3v) is 8.87. The Labute approximate surface area is 225 Å². The second kappa shape index (κ2) is 10.8. The number of hydrogen-bond donors (Lipinski definition) is 0. The summed E-state index contributed by atoms with van der Waals surface area (Å²) in [5, 5.41) is 4.56. The van der Waals surface area contributed by atoms with E-state index in [2.05, 4.69) is 44.1 Å². The van der Waals surface area contributed by atoms with Crippen molar-refractivity contribution in [2.24, 2.45) is 11.8 Å². The molecule has 0 amide bonds. The lowest BCUT2D eigenvalue weighted by Crippen LogP contribution is -2.49. The third kappa shape index (κ3) is 4.94. The number of aryl methyl sites for hydroxylation is 2. The molecule has 2 saturated heterocycles. The van der Waals surface area contributed by atoms with Crippen molar-refractivity contribution in [2.45, 2.75) is 52.1 Å². The molecule has 0 bridgehead atoms. The zero-order valence-electron chi connectivity index (χ0n) is 22.7. The maximum atomic E-state index is 12.0. The molecule has 200 valence electrons. The Balaban J connectivity index is 1.14. The summed E-state index contributed by atoms with van der Waals surface area (Å²) in [4.78, 5) is 28.7. The number of hydrogen-bond acceptors (Lipinski definition) is 7. The molecule has 1 aliphatic carbocycles. The van der Waals surface area contributed by atoms with Crippen molar-refractivity contribution in [3.63, 3.8) is 0 Å². The van der Waals surface area contributed by atoms with Gasteiger partial charge in [-0.25, -0.2) is 14.6 Å². The second-order valence-corrected chi connectivity index (χ2v) is 11.3. The van der Waals surface area contributed by atoms with Crippen molar-refractivity contribution in [3.8, 4) is 11.1 Å². The summed E-state index contributed by atoms with van der Waals surface area (Å²) < 4.78 is 1.85. The van der Waals surface area contributed by atoms with Gasteiger partial charge in [0.2, 0.25) is 5.95 Å². The number of aldehydes is 1. The van der Waals surface area contributed by atoms with E-state index in [1.807, 2.05) is 37.0 Å². The van der Waals surface area contributed by atoms with Crippen LogP contribution in [0.3, 0.4) is 0 Å². The fourth-order valence-electron chi connectivity index (χ4n) is 6.84. The Morgan fingerprint density at radius 3 is 2.34 bits per heavy atom. The van der Waals surface area contributed by atoms with Crippen molar-refractivity contribution in [1.82, 2.24) is 24.6 Å². The van der Waals surface area contributed by atoms with E-state index in [0.29, 0.717) is 0 Å². The average molecular weight is 514 g/mol. The van der Waals surface area contributed by atoms with Crippen molar-refractivity contribution in [1.29, 1.82) is 0 Å². The fraction of sp³-hybridized carbons (Fsp3) is 0.533. The molecular weight excluding hydrogens is 474 g/mol. The molecule has 0 N–H and O–H groups in total. The Morgan fingerprint density at radius 2 is 1.63 bits per heavy atom. The minimum Gasteiger partial charge on any atom is -0.368 e. The minimum absolute atomic E-state index is 0.360. The Bertz CT molecular complexity index is 1250. The molecule has 2 aromatic heterocycles. The number of benzene rings is 1. The van der Waals surface area contributed by atoms with Crippen molar-refractivity contribution in [3.05, 3.63) is 54.1 Å². The van der Waals surface area contributed by atoms with Gasteiger partial charge in [0.05, 0.1) is 5.69 Å². The van der Waals surface area contributed by atoms with Gasteiger partial charge in [0.1, 0.15) is 0 Å². The first-order valence-corrected chi connectivity index (χ1v) is 14.2. The van der Waals surface area contributed by atoms with Crippen molar-refractivity contribution < 1.29 is 4.79 Å². The molecule has 4 heterocycles. The Kier molecular flexibility index (Phi) is 7.15. The van der Waals surface area contributed by atoms with E-state index >= 15 is 0 Å². The molecule has 2 aliphatic heterocycles. The quantitative estimate of drug-likeness (QED) is 0.450. The van der Waals surface area contributed by atoms with Gasteiger partial charge in [-0.05, 0) is 50.7 Å². The number of rotatable bonds is 6. The molecule has 3 unspecified atom stereocenters. The fourth-order valence-corrected chi connectivity index (χ4v) is 6.84. The highest BCUT2D eigenvalue weighted by Crippen LogP contribution is 2.37. The van der Waals surface area contributed by atoms with Crippen LogP contribution in [0.5, 0.6) is 0 Å². The topological polar surface area (TPSA) is 70.4 Å². The molecule has 1 saturated carbocycles. The first kappa shape index (κ1) is 25.0. The number of nitrogens with zero attached hydrogens (tertiary/aromatic N) is 7. The van der Waals surface area contributed by atoms with Gasteiger partial charge in [0, 0.05) is 74.2 Å². The van der Waals surface area contributed by atoms with Gasteiger partial charge >= 0.3 is 0 Å². The van der Waals surface area contributed by atoms with Crippen molar-refractivity contribution in [2.75, 3.05) is 49.1 Å². The van der Waals surface area contributed by atoms with Gasteiger partial charge in [0.15, 0.2) is 12.5 Å². The van der Waals surface area contributed by atoms with Crippen LogP contribution in [0.25, 0.3) is 11.1 Å². The van der Waals surface area contributed by atoms with E-state index in [-0.39, 0.29) is 6.17 Å². The molecule has 6 rings (SSSR count). The van der Waals surface area contributed by atoms with Crippen LogP contribution in [0.2, 0.25) is 0 Å². The number of anilines is 2. The number of fused-ring (bicyclic) bond motifs is 1. The summed E-state index contributed by atoms with van der Waals surface area (Å²) in [6.07, 6.45) is 11.5. The summed E-state index contributed by atoms with van der Waals surface area (Å²) in [5.41, 5.74) is 5.35. The normalized spacial score (nSPS) is 23.2. The van der Waals surface area contributed by atoms with Crippen LogP contribution < -0.4 is 9.80 Å². The zero-order chi connectivity index (χ0) is 26.1. The largest absolute Gasteiger partial charge is 0.368 e. The van der Waals surface area contributed by atoms with Gasteiger partial charge in [-0.2, -0.15) is 5.10 Å². The van der Waals surface area contributed by atoms with Crippen LogP contribution in [0.1, 0.15) is 49.7 Å². The lowest BCUT2D eigenvalue weighted by molar-refractivity contribution is -0.116. The maximum Gasteiger partial charge on any atom is 0.225 e. The highest BCUT2D eigenvalue weighted by molar-refractivity contribution is 5.78. The van der Waals surface area contributed by atoms with Crippen LogP contribution in [0, 0.1) is 25.7 Å². The lowest BCUT2D eigenvalue weighted by atomic mass is 9.75. The van der Waals surface area contributed by atoms with Crippen LogP contribution in [0.15, 0.2) is 42.7 Å². The SMILES string of the molecule is Cc1cc(C)n(C(C=O)N2CCN(c3ccccc3-c3cnc(N4CCC5CCCCC5C4)nc3)CC2)n1. The number of para-hydroxylation sites is 1. The molecule has 1 aromatic carbocycles. The van der Waals surface area contributed by atoms with Crippen LogP contribution in [-0.2, 0) is 4.79 Å². The first-order valence-electron chi connectivity index (χ1n) is 14.2.